The molecular formula is C30H34ClN3O4. The molecule has 0 saturated heterocycles. The number of benzene rings is 3. The van der Waals surface area contributed by atoms with Crippen LogP contribution >= 0.6 is 12.4 Å². The molecule has 3 aromatic carbocycles. The van der Waals surface area contributed by atoms with E-state index in [4.69, 9.17) is 4.74 Å². The van der Waals surface area contributed by atoms with Crippen LogP contribution in [0.1, 0.15) is 62.9 Å². The first-order chi connectivity index (χ1) is 18.0. The molecule has 7 nitrogen and oxygen atoms in total. The number of halogens is 1. The van der Waals surface area contributed by atoms with E-state index in [1.165, 1.54) is 11.1 Å². The van der Waals surface area contributed by atoms with Gasteiger partial charge in [-0.25, -0.2) is 0 Å². The molecule has 8 heteroatoms. The topological polar surface area (TPSA) is 90.9 Å². The zero-order chi connectivity index (χ0) is 25.9. The van der Waals surface area contributed by atoms with Crippen molar-refractivity contribution in [3.63, 3.8) is 0 Å². The lowest BCUT2D eigenvalue weighted by molar-refractivity contribution is 0.0715. The molecule has 2 aliphatic heterocycles. The summed E-state index contributed by atoms with van der Waals surface area (Å²) in [5, 5.41) is 17.0. The normalized spacial score (nSPS) is 17.6. The third kappa shape index (κ3) is 5.55. The number of nitrogens with zero attached hydrogens (tertiary/aromatic N) is 1. The Balaban J connectivity index is 0.00000336. The SMILES string of the molecule is CCOc1cc2c(cc1C(=O)NC[C@@H](O)[C@@H]1Cc3ccccc3CN1)CN([C@H](C)c1ccccc1)C2=O.Cl. The fourth-order valence-electron chi connectivity index (χ4n) is 5.23. The first-order valence-corrected chi connectivity index (χ1v) is 12.9. The molecule has 0 fully saturated rings. The molecule has 3 N–H and O–H groups in total. The molecule has 0 radical (unpaired) electrons. The maximum absolute atomic E-state index is 13.3. The minimum absolute atomic E-state index is 0. The molecule has 0 bridgehead atoms. The van der Waals surface area contributed by atoms with Gasteiger partial charge in [-0.1, -0.05) is 54.6 Å². The van der Waals surface area contributed by atoms with E-state index in [1.54, 1.807) is 12.1 Å². The van der Waals surface area contributed by atoms with Crippen molar-refractivity contribution >= 4 is 24.2 Å². The number of aliphatic hydroxyl groups excluding tert-OH is 1. The van der Waals surface area contributed by atoms with Gasteiger partial charge in [-0.05, 0) is 54.7 Å². The highest BCUT2D eigenvalue weighted by molar-refractivity contribution is 6.03. The van der Waals surface area contributed by atoms with Crippen molar-refractivity contribution in [3.05, 3.63) is 100 Å². The third-order valence-corrected chi connectivity index (χ3v) is 7.38. The molecule has 2 amide bonds. The molecule has 3 aromatic rings. The Hall–Kier alpha value is -3.39. The monoisotopic (exact) mass is 535 g/mol. The van der Waals surface area contributed by atoms with E-state index in [0.29, 0.717) is 43.0 Å². The van der Waals surface area contributed by atoms with Crippen molar-refractivity contribution in [2.75, 3.05) is 13.2 Å². The maximum Gasteiger partial charge on any atom is 0.255 e. The molecule has 0 aliphatic carbocycles. The predicted octanol–water partition coefficient (Wildman–Crippen LogP) is 4.03. The largest absolute Gasteiger partial charge is 0.493 e. The molecule has 0 unspecified atom stereocenters. The fraction of sp³-hybridized carbons (Fsp3) is 0.333. The summed E-state index contributed by atoms with van der Waals surface area (Å²) in [6, 6.07) is 21.3. The molecular weight excluding hydrogens is 502 g/mol. The Morgan fingerprint density at radius 2 is 1.82 bits per heavy atom. The van der Waals surface area contributed by atoms with Gasteiger partial charge >= 0.3 is 0 Å². The summed E-state index contributed by atoms with van der Waals surface area (Å²) in [7, 11) is 0. The van der Waals surface area contributed by atoms with Crippen LogP contribution < -0.4 is 15.4 Å². The van der Waals surface area contributed by atoms with E-state index in [1.807, 2.05) is 61.2 Å². The lowest BCUT2D eigenvalue weighted by Gasteiger charge is -2.30. The quantitative estimate of drug-likeness (QED) is 0.405. The number of hydrogen-bond acceptors (Lipinski definition) is 5. The lowest BCUT2D eigenvalue weighted by Crippen LogP contribution is -2.49. The van der Waals surface area contributed by atoms with Gasteiger partial charge in [0.05, 0.1) is 24.3 Å². The van der Waals surface area contributed by atoms with E-state index in [0.717, 1.165) is 11.1 Å². The predicted molar refractivity (Wildman–Crippen MR) is 149 cm³/mol. The second-order valence-corrected chi connectivity index (χ2v) is 9.70. The smallest absolute Gasteiger partial charge is 0.255 e. The first kappa shape index (κ1) is 27.6. The molecule has 5 rings (SSSR count). The summed E-state index contributed by atoms with van der Waals surface area (Å²) in [5.41, 5.74) is 5.24. The maximum atomic E-state index is 13.3. The van der Waals surface area contributed by atoms with Crippen molar-refractivity contribution in [1.82, 2.24) is 15.5 Å². The Labute approximate surface area is 229 Å². The number of fused-ring (bicyclic) bond motifs is 2. The van der Waals surface area contributed by atoms with Gasteiger partial charge in [0.2, 0.25) is 0 Å². The van der Waals surface area contributed by atoms with Gasteiger partial charge in [-0.2, -0.15) is 0 Å². The van der Waals surface area contributed by atoms with Crippen molar-refractivity contribution in [2.45, 2.75) is 51.5 Å². The molecule has 3 atom stereocenters. The molecule has 0 aromatic heterocycles. The van der Waals surface area contributed by atoms with Crippen LogP contribution in [-0.2, 0) is 19.5 Å². The zero-order valence-electron chi connectivity index (χ0n) is 21.6. The van der Waals surface area contributed by atoms with E-state index < -0.39 is 6.10 Å². The summed E-state index contributed by atoms with van der Waals surface area (Å²) >= 11 is 0. The van der Waals surface area contributed by atoms with E-state index in [-0.39, 0.29) is 42.8 Å². The fourth-order valence-corrected chi connectivity index (χ4v) is 5.23. The Morgan fingerprint density at radius 3 is 2.55 bits per heavy atom. The molecule has 2 aliphatic rings. The minimum Gasteiger partial charge on any atom is -0.493 e. The van der Waals surface area contributed by atoms with Gasteiger partial charge in [0.15, 0.2) is 0 Å². The van der Waals surface area contributed by atoms with Crippen LogP contribution in [0.2, 0.25) is 0 Å². The number of aliphatic hydroxyl groups is 1. The summed E-state index contributed by atoms with van der Waals surface area (Å²) in [6.07, 6.45) is -0.0422. The van der Waals surface area contributed by atoms with Crippen LogP contribution in [0, 0.1) is 0 Å². The van der Waals surface area contributed by atoms with E-state index >= 15 is 0 Å². The van der Waals surface area contributed by atoms with Gasteiger partial charge in [0.1, 0.15) is 5.75 Å². The molecule has 38 heavy (non-hydrogen) atoms. The van der Waals surface area contributed by atoms with Gasteiger partial charge in [0.25, 0.3) is 11.8 Å². The number of hydrogen-bond donors (Lipinski definition) is 3. The summed E-state index contributed by atoms with van der Waals surface area (Å²) in [5.74, 6) is -0.0256. The minimum atomic E-state index is -0.744. The number of rotatable bonds is 8. The number of amides is 2. The molecule has 2 heterocycles. The molecule has 0 saturated carbocycles. The van der Waals surface area contributed by atoms with Gasteiger partial charge in [-0.15, -0.1) is 12.4 Å². The van der Waals surface area contributed by atoms with Crippen LogP contribution in [-0.4, -0.2) is 47.1 Å². The average Bonchev–Trinajstić information content (AvgIpc) is 3.26. The zero-order valence-corrected chi connectivity index (χ0v) is 22.5. The molecule has 200 valence electrons. The first-order valence-electron chi connectivity index (χ1n) is 12.9. The summed E-state index contributed by atoms with van der Waals surface area (Å²) in [4.78, 5) is 28.3. The van der Waals surface area contributed by atoms with Crippen LogP contribution in [0.3, 0.4) is 0 Å². The van der Waals surface area contributed by atoms with Crippen LogP contribution in [0.25, 0.3) is 0 Å². The summed E-state index contributed by atoms with van der Waals surface area (Å²) in [6.45, 7) is 5.44. The van der Waals surface area contributed by atoms with E-state index in [9.17, 15) is 14.7 Å². The molecule has 0 spiro atoms. The highest BCUT2D eigenvalue weighted by Crippen LogP contribution is 2.35. The van der Waals surface area contributed by atoms with Crippen LogP contribution in [0.5, 0.6) is 5.75 Å². The average molecular weight is 536 g/mol. The Bertz CT molecular complexity index is 1300. The Morgan fingerprint density at radius 1 is 1.11 bits per heavy atom. The van der Waals surface area contributed by atoms with Crippen molar-refractivity contribution in [1.29, 1.82) is 0 Å². The van der Waals surface area contributed by atoms with Gasteiger partial charge in [-0.3, -0.25) is 9.59 Å². The highest BCUT2D eigenvalue weighted by atomic mass is 35.5. The number of carbonyl (C=O) groups is 2. The lowest BCUT2D eigenvalue weighted by atomic mass is 9.93. The van der Waals surface area contributed by atoms with Crippen molar-refractivity contribution in [3.8, 4) is 5.75 Å². The van der Waals surface area contributed by atoms with Gasteiger partial charge in [0, 0.05) is 31.2 Å². The van der Waals surface area contributed by atoms with Crippen LogP contribution in [0.15, 0.2) is 66.7 Å². The van der Waals surface area contributed by atoms with Crippen LogP contribution in [0.4, 0.5) is 0 Å². The number of carbonyl (C=O) groups excluding carboxylic acids is 2. The van der Waals surface area contributed by atoms with Crippen molar-refractivity contribution < 1.29 is 19.4 Å². The van der Waals surface area contributed by atoms with E-state index in [2.05, 4.69) is 22.8 Å². The number of nitrogens with one attached hydrogen (secondary N) is 2. The third-order valence-electron chi connectivity index (χ3n) is 7.38. The van der Waals surface area contributed by atoms with Gasteiger partial charge < -0.3 is 25.4 Å². The standard InChI is InChI=1S/C30H33N3O4.ClH/c1-3-37-28-15-24-23(18-33(30(24)36)19(2)20-9-5-4-6-10-20)13-25(28)29(35)32-17-27(34)26-14-21-11-7-8-12-22(21)16-31-26;/h4-13,15,19,26-27,31,34H,3,14,16-18H2,1-2H3,(H,32,35);1H/t19-,26+,27-;/m1./s1. The number of ether oxygens (including phenoxy) is 1. The second-order valence-electron chi connectivity index (χ2n) is 9.70. The van der Waals surface area contributed by atoms with Crippen molar-refractivity contribution in [2.24, 2.45) is 0 Å². The highest BCUT2D eigenvalue weighted by Gasteiger charge is 2.34. The summed E-state index contributed by atoms with van der Waals surface area (Å²) < 4.78 is 5.77. The second kappa shape index (κ2) is 12.0. The Kier molecular flexibility index (Phi) is 8.72.